The van der Waals surface area contributed by atoms with E-state index < -0.39 is 12.1 Å². The molecule has 1 aromatic rings. The molecule has 21 heavy (non-hydrogen) atoms. The lowest BCUT2D eigenvalue weighted by atomic mass is 10.1. The van der Waals surface area contributed by atoms with E-state index in [9.17, 15) is 9.59 Å². The Balaban J connectivity index is 2.56. The second kappa shape index (κ2) is 8.09. The van der Waals surface area contributed by atoms with Crippen molar-refractivity contribution in [2.24, 2.45) is 5.92 Å². The Bertz CT molecular complexity index is 506. The third-order valence-corrected chi connectivity index (χ3v) is 2.74. The second-order valence-corrected chi connectivity index (χ2v) is 5.20. The largest absolute Gasteiger partial charge is 0.478 e. The van der Waals surface area contributed by atoms with Gasteiger partial charge in [0.2, 0.25) is 0 Å². The van der Waals surface area contributed by atoms with Gasteiger partial charge in [0.25, 0.3) is 0 Å². The first-order valence-corrected chi connectivity index (χ1v) is 6.82. The van der Waals surface area contributed by atoms with Gasteiger partial charge in [0.1, 0.15) is 0 Å². The predicted octanol–water partition coefficient (Wildman–Crippen LogP) is 3.23. The molecule has 0 saturated carbocycles. The minimum Gasteiger partial charge on any atom is -0.478 e. The fourth-order valence-corrected chi connectivity index (χ4v) is 1.61. The van der Waals surface area contributed by atoms with E-state index in [1.165, 1.54) is 6.08 Å². The normalized spacial score (nSPS) is 12.4. The van der Waals surface area contributed by atoms with Crippen LogP contribution in [0, 0.1) is 5.92 Å². The van der Waals surface area contributed by atoms with Crippen LogP contribution in [0.1, 0.15) is 37.9 Å². The fraction of sp³-hybridized carbons (Fsp3) is 0.375. The molecule has 0 aliphatic carbocycles. The molecule has 0 radical (unpaired) electrons. The number of hydrogen-bond acceptors (Lipinski definition) is 3. The molecule has 1 unspecified atom stereocenters. The van der Waals surface area contributed by atoms with Gasteiger partial charge in [0.05, 0.1) is 12.6 Å². The van der Waals surface area contributed by atoms with Crippen LogP contribution in [-0.2, 0) is 9.53 Å². The molecule has 5 nitrogen and oxygen atoms in total. The topological polar surface area (TPSA) is 75.6 Å². The lowest BCUT2D eigenvalue weighted by molar-refractivity contribution is -0.131. The summed E-state index contributed by atoms with van der Waals surface area (Å²) in [5.74, 6) is -0.687. The molecule has 1 amide bonds. The minimum absolute atomic E-state index is 0.179. The van der Waals surface area contributed by atoms with Gasteiger partial charge in [-0.25, -0.2) is 9.59 Å². The van der Waals surface area contributed by atoms with Gasteiger partial charge >= 0.3 is 12.1 Å². The van der Waals surface area contributed by atoms with Crippen LogP contribution in [0.15, 0.2) is 30.3 Å². The van der Waals surface area contributed by atoms with Crippen molar-refractivity contribution in [3.05, 3.63) is 41.5 Å². The molecule has 1 rings (SSSR count). The van der Waals surface area contributed by atoms with Gasteiger partial charge in [-0.2, -0.15) is 0 Å². The monoisotopic (exact) mass is 291 g/mol. The molecule has 5 heteroatoms. The SMILES string of the molecule is CC(C)COC(=O)NC(C)c1ccc(C=CC(=O)O)cc1. The van der Waals surface area contributed by atoms with Crippen LogP contribution in [0.4, 0.5) is 4.79 Å². The molecule has 1 aromatic carbocycles. The van der Waals surface area contributed by atoms with Gasteiger partial charge in [-0.05, 0) is 30.0 Å². The van der Waals surface area contributed by atoms with Gasteiger partial charge in [0.15, 0.2) is 0 Å². The van der Waals surface area contributed by atoms with Crippen molar-refractivity contribution in [1.82, 2.24) is 5.32 Å². The number of carboxylic acids is 1. The minimum atomic E-state index is -0.984. The third-order valence-electron chi connectivity index (χ3n) is 2.74. The third kappa shape index (κ3) is 6.61. The van der Waals surface area contributed by atoms with E-state index in [0.717, 1.165) is 17.2 Å². The Morgan fingerprint density at radius 1 is 1.24 bits per heavy atom. The molecular weight excluding hydrogens is 270 g/mol. The molecule has 2 N–H and O–H groups in total. The van der Waals surface area contributed by atoms with E-state index in [2.05, 4.69) is 5.32 Å². The van der Waals surface area contributed by atoms with E-state index >= 15 is 0 Å². The van der Waals surface area contributed by atoms with Crippen molar-refractivity contribution in [3.63, 3.8) is 0 Å². The van der Waals surface area contributed by atoms with Crippen LogP contribution in [0.3, 0.4) is 0 Å². The number of rotatable bonds is 6. The molecule has 0 aliphatic rings. The van der Waals surface area contributed by atoms with Crippen LogP contribution in [0.2, 0.25) is 0 Å². The van der Waals surface area contributed by atoms with Gasteiger partial charge in [-0.15, -0.1) is 0 Å². The second-order valence-electron chi connectivity index (χ2n) is 5.20. The number of amides is 1. The number of hydrogen-bond donors (Lipinski definition) is 2. The predicted molar refractivity (Wildman–Crippen MR) is 80.8 cm³/mol. The van der Waals surface area contributed by atoms with Crippen LogP contribution in [0.5, 0.6) is 0 Å². The summed E-state index contributed by atoms with van der Waals surface area (Å²) in [6, 6.07) is 7.10. The zero-order valence-electron chi connectivity index (χ0n) is 12.5. The highest BCUT2D eigenvalue weighted by atomic mass is 16.5. The van der Waals surface area contributed by atoms with Gasteiger partial charge < -0.3 is 15.2 Å². The number of carbonyl (C=O) groups excluding carboxylic acids is 1. The highest BCUT2D eigenvalue weighted by Gasteiger charge is 2.10. The summed E-state index contributed by atoms with van der Waals surface area (Å²) in [5, 5.41) is 11.3. The van der Waals surface area contributed by atoms with Gasteiger partial charge in [-0.3, -0.25) is 0 Å². The Hall–Kier alpha value is -2.30. The molecule has 0 bridgehead atoms. The Morgan fingerprint density at radius 3 is 2.38 bits per heavy atom. The average Bonchev–Trinajstić information content (AvgIpc) is 2.43. The highest BCUT2D eigenvalue weighted by molar-refractivity contribution is 5.85. The Morgan fingerprint density at radius 2 is 1.86 bits per heavy atom. The van der Waals surface area contributed by atoms with Crippen LogP contribution in [0.25, 0.3) is 6.08 Å². The van der Waals surface area contributed by atoms with Crippen molar-refractivity contribution < 1.29 is 19.4 Å². The van der Waals surface area contributed by atoms with Gasteiger partial charge in [-0.1, -0.05) is 38.1 Å². The molecule has 0 aliphatic heterocycles. The maximum absolute atomic E-state index is 11.6. The number of alkyl carbamates (subject to hydrolysis) is 1. The van der Waals surface area contributed by atoms with Crippen LogP contribution in [-0.4, -0.2) is 23.8 Å². The quantitative estimate of drug-likeness (QED) is 0.789. The van der Waals surface area contributed by atoms with Gasteiger partial charge in [0, 0.05) is 6.08 Å². The highest BCUT2D eigenvalue weighted by Crippen LogP contribution is 2.14. The standard InChI is InChI=1S/C16H21NO4/c1-11(2)10-21-16(20)17-12(3)14-7-4-13(5-8-14)6-9-15(18)19/h4-9,11-12H,10H2,1-3H3,(H,17,20)(H,18,19). The zero-order valence-corrected chi connectivity index (χ0v) is 12.5. The molecule has 114 valence electrons. The fourth-order valence-electron chi connectivity index (χ4n) is 1.61. The first-order valence-electron chi connectivity index (χ1n) is 6.82. The van der Waals surface area contributed by atoms with E-state index in [1.54, 1.807) is 12.1 Å². The number of benzene rings is 1. The Kier molecular flexibility index (Phi) is 6.46. The molecule has 0 heterocycles. The van der Waals surface area contributed by atoms with Crippen molar-refractivity contribution >= 4 is 18.1 Å². The molecule has 0 saturated heterocycles. The van der Waals surface area contributed by atoms with Crippen molar-refractivity contribution in [2.75, 3.05) is 6.61 Å². The molecule has 1 atom stereocenters. The van der Waals surface area contributed by atoms with Crippen molar-refractivity contribution in [1.29, 1.82) is 0 Å². The number of ether oxygens (including phenoxy) is 1. The van der Waals surface area contributed by atoms with Crippen LogP contribution >= 0.6 is 0 Å². The lowest BCUT2D eigenvalue weighted by Crippen LogP contribution is -2.28. The summed E-state index contributed by atoms with van der Waals surface area (Å²) < 4.78 is 5.06. The summed E-state index contributed by atoms with van der Waals surface area (Å²) in [7, 11) is 0. The average molecular weight is 291 g/mol. The smallest absolute Gasteiger partial charge is 0.407 e. The zero-order chi connectivity index (χ0) is 15.8. The summed E-state index contributed by atoms with van der Waals surface area (Å²) >= 11 is 0. The number of carbonyl (C=O) groups is 2. The lowest BCUT2D eigenvalue weighted by Gasteiger charge is -2.15. The Labute approximate surface area is 124 Å². The van der Waals surface area contributed by atoms with E-state index in [0.29, 0.717) is 12.5 Å². The molecule has 0 aromatic heterocycles. The van der Waals surface area contributed by atoms with E-state index in [1.807, 2.05) is 32.9 Å². The number of nitrogens with one attached hydrogen (secondary N) is 1. The van der Waals surface area contributed by atoms with E-state index in [-0.39, 0.29) is 6.04 Å². The summed E-state index contributed by atoms with van der Waals surface area (Å²) in [5.41, 5.74) is 1.71. The van der Waals surface area contributed by atoms with E-state index in [4.69, 9.17) is 9.84 Å². The first kappa shape index (κ1) is 16.8. The summed E-state index contributed by atoms with van der Waals surface area (Å²) in [6.07, 6.45) is 2.16. The number of carboxylic acid groups (broad SMARTS) is 1. The maximum Gasteiger partial charge on any atom is 0.407 e. The molecular formula is C16H21NO4. The van der Waals surface area contributed by atoms with Crippen molar-refractivity contribution in [3.8, 4) is 0 Å². The summed E-state index contributed by atoms with van der Waals surface area (Å²) in [6.45, 7) is 6.19. The van der Waals surface area contributed by atoms with Crippen LogP contribution < -0.4 is 5.32 Å². The van der Waals surface area contributed by atoms with Crippen molar-refractivity contribution in [2.45, 2.75) is 26.8 Å². The maximum atomic E-state index is 11.6. The molecule has 0 spiro atoms. The first-order chi connectivity index (χ1) is 9.88. The number of aliphatic carboxylic acids is 1. The summed E-state index contributed by atoms with van der Waals surface area (Å²) in [4.78, 5) is 22.0. The molecule has 0 fully saturated rings.